The molecular formula is C25H27N3O4. The van der Waals surface area contributed by atoms with Crippen LogP contribution < -0.4 is 4.74 Å². The smallest absolute Gasteiger partial charge is 0.254 e. The molecule has 5 rings (SSSR count). The third-order valence-electron chi connectivity index (χ3n) is 6.18. The summed E-state index contributed by atoms with van der Waals surface area (Å²) in [6.45, 7) is 4.05. The number of fused-ring (bicyclic) bond motifs is 2. The summed E-state index contributed by atoms with van der Waals surface area (Å²) >= 11 is 0. The van der Waals surface area contributed by atoms with Crippen LogP contribution in [-0.2, 0) is 22.5 Å². The lowest BCUT2D eigenvalue weighted by molar-refractivity contribution is -0.135. The topological polar surface area (TPSA) is 74.9 Å². The summed E-state index contributed by atoms with van der Waals surface area (Å²) < 4.78 is 11.2. The van der Waals surface area contributed by atoms with Gasteiger partial charge in [-0.2, -0.15) is 0 Å². The summed E-state index contributed by atoms with van der Waals surface area (Å²) in [5.41, 5.74) is 3.75. The number of aromatic amines is 1. The number of nitrogens with one attached hydrogen (secondary N) is 1. The van der Waals surface area contributed by atoms with E-state index in [0.717, 1.165) is 27.8 Å². The highest BCUT2D eigenvalue weighted by molar-refractivity contribution is 5.98. The van der Waals surface area contributed by atoms with Crippen LogP contribution in [0.5, 0.6) is 5.75 Å². The summed E-state index contributed by atoms with van der Waals surface area (Å²) in [6, 6.07) is 13.7. The Labute approximate surface area is 186 Å². The van der Waals surface area contributed by atoms with E-state index in [1.54, 1.807) is 0 Å². The normalized spacial score (nSPS) is 16.4. The maximum Gasteiger partial charge on any atom is 0.254 e. The lowest BCUT2D eigenvalue weighted by Gasteiger charge is -2.26. The Morgan fingerprint density at radius 2 is 1.78 bits per heavy atom. The van der Waals surface area contributed by atoms with Gasteiger partial charge in [-0.05, 0) is 42.3 Å². The fourth-order valence-corrected chi connectivity index (χ4v) is 4.37. The van der Waals surface area contributed by atoms with Crippen LogP contribution in [0.1, 0.15) is 27.9 Å². The molecule has 0 aliphatic carbocycles. The number of hydrogen-bond donors (Lipinski definition) is 1. The molecule has 0 atom stereocenters. The SMILES string of the molecule is O=C(CCc1ccc2c(c1)CN(C(=O)c1ccc3[nH]ccc3c1)CCO2)N1CCOCC1. The molecule has 1 fully saturated rings. The third-order valence-corrected chi connectivity index (χ3v) is 6.18. The number of aromatic nitrogens is 1. The van der Waals surface area contributed by atoms with E-state index in [9.17, 15) is 9.59 Å². The predicted octanol–water partition coefficient (Wildman–Crippen LogP) is 2.99. The van der Waals surface area contributed by atoms with E-state index < -0.39 is 0 Å². The quantitative estimate of drug-likeness (QED) is 0.687. The molecular weight excluding hydrogens is 406 g/mol. The van der Waals surface area contributed by atoms with Crippen molar-refractivity contribution in [2.75, 3.05) is 39.5 Å². The molecule has 32 heavy (non-hydrogen) atoms. The van der Waals surface area contributed by atoms with Gasteiger partial charge in [-0.1, -0.05) is 12.1 Å². The van der Waals surface area contributed by atoms with E-state index >= 15 is 0 Å². The van der Waals surface area contributed by atoms with Gasteiger partial charge in [0, 0.05) is 54.3 Å². The second kappa shape index (κ2) is 9.04. The van der Waals surface area contributed by atoms with Crippen LogP contribution in [0.15, 0.2) is 48.7 Å². The first kappa shape index (κ1) is 20.6. The van der Waals surface area contributed by atoms with E-state index in [1.165, 1.54) is 0 Å². The number of carbonyl (C=O) groups is 2. The summed E-state index contributed by atoms with van der Waals surface area (Å²) in [5.74, 6) is 0.971. The molecule has 3 aromatic rings. The monoisotopic (exact) mass is 433 g/mol. The molecule has 0 unspecified atom stereocenters. The Bertz CT molecular complexity index is 1130. The molecule has 166 valence electrons. The number of hydrogen-bond acceptors (Lipinski definition) is 4. The number of H-pyrrole nitrogens is 1. The largest absolute Gasteiger partial charge is 0.491 e. The molecule has 0 radical (unpaired) electrons. The standard InChI is InChI=1S/C25H27N3O4/c29-24(27-9-12-31-13-10-27)6-2-18-1-5-23-21(15-18)17-28(11-14-32-23)25(30)20-3-4-22-19(16-20)7-8-26-22/h1,3-5,7-8,15-16,26H,2,6,9-14,17H2. The predicted molar refractivity (Wildman–Crippen MR) is 121 cm³/mol. The number of aryl methyl sites for hydroxylation is 1. The number of carbonyl (C=O) groups excluding carboxylic acids is 2. The molecule has 1 aromatic heterocycles. The van der Waals surface area contributed by atoms with Crippen LogP contribution in [0.2, 0.25) is 0 Å². The number of ether oxygens (including phenoxy) is 2. The summed E-state index contributed by atoms with van der Waals surface area (Å²) in [7, 11) is 0. The second-order valence-corrected chi connectivity index (χ2v) is 8.29. The van der Waals surface area contributed by atoms with Gasteiger partial charge >= 0.3 is 0 Å². The maximum atomic E-state index is 13.2. The molecule has 2 aromatic carbocycles. The highest BCUT2D eigenvalue weighted by Gasteiger charge is 2.22. The number of amides is 2. The van der Waals surface area contributed by atoms with Crippen LogP contribution in [0.25, 0.3) is 10.9 Å². The molecule has 1 N–H and O–H groups in total. The van der Waals surface area contributed by atoms with Crippen molar-refractivity contribution in [3.63, 3.8) is 0 Å². The minimum atomic E-state index is -0.00236. The van der Waals surface area contributed by atoms with Gasteiger partial charge in [-0.3, -0.25) is 9.59 Å². The zero-order valence-corrected chi connectivity index (χ0v) is 18.0. The van der Waals surface area contributed by atoms with E-state index in [4.69, 9.17) is 9.47 Å². The van der Waals surface area contributed by atoms with E-state index in [-0.39, 0.29) is 11.8 Å². The molecule has 3 heterocycles. The van der Waals surface area contributed by atoms with Crippen molar-refractivity contribution in [1.82, 2.24) is 14.8 Å². The Morgan fingerprint density at radius 1 is 0.938 bits per heavy atom. The summed E-state index contributed by atoms with van der Waals surface area (Å²) in [6.07, 6.45) is 3.01. The summed E-state index contributed by atoms with van der Waals surface area (Å²) in [4.78, 5) is 32.5. The number of benzene rings is 2. The number of rotatable bonds is 4. The second-order valence-electron chi connectivity index (χ2n) is 8.29. The zero-order chi connectivity index (χ0) is 21.9. The van der Waals surface area contributed by atoms with Crippen molar-refractivity contribution in [2.45, 2.75) is 19.4 Å². The van der Waals surface area contributed by atoms with E-state index in [0.29, 0.717) is 64.4 Å². The van der Waals surface area contributed by atoms with E-state index in [1.807, 2.05) is 52.4 Å². The Kier molecular flexibility index (Phi) is 5.81. The van der Waals surface area contributed by atoms with Crippen molar-refractivity contribution < 1.29 is 19.1 Å². The molecule has 7 nitrogen and oxygen atoms in total. The number of nitrogens with zero attached hydrogens (tertiary/aromatic N) is 2. The van der Waals surface area contributed by atoms with Crippen molar-refractivity contribution in [1.29, 1.82) is 0 Å². The zero-order valence-electron chi connectivity index (χ0n) is 18.0. The van der Waals surface area contributed by atoms with Crippen molar-refractivity contribution in [2.24, 2.45) is 0 Å². The van der Waals surface area contributed by atoms with Crippen molar-refractivity contribution in [3.05, 3.63) is 65.4 Å². The highest BCUT2D eigenvalue weighted by Crippen LogP contribution is 2.26. The molecule has 2 aliphatic heterocycles. The highest BCUT2D eigenvalue weighted by atomic mass is 16.5. The van der Waals surface area contributed by atoms with Gasteiger partial charge in [0.05, 0.1) is 19.8 Å². The molecule has 1 saturated heterocycles. The molecule has 0 bridgehead atoms. The Balaban J connectivity index is 1.28. The van der Waals surface area contributed by atoms with Gasteiger partial charge in [-0.15, -0.1) is 0 Å². The fraction of sp³-hybridized carbons (Fsp3) is 0.360. The van der Waals surface area contributed by atoms with Crippen molar-refractivity contribution in [3.8, 4) is 5.75 Å². The van der Waals surface area contributed by atoms with Crippen LogP contribution in [0.4, 0.5) is 0 Å². The van der Waals surface area contributed by atoms with Gasteiger partial charge in [0.2, 0.25) is 5.91 Å². The molecule has 0 saturated carbocycles. The first-order valence-electron chi connectivity index (χ1n) is 11.1. The molecule has 7 heteroatoms. The average Bonchev–Trinajstić information content (AvgIpc) is 3.20. The van der Waals surface area contributed by atoms with E-state index in [2.05, 4.69) is 11.1 Å². The molecule has 2 amide bonds. The van der Waals surface area contributed by atoms with Crippen LogP contribution >= 0.6 is 0 Å². The van der Waals surface area contributed by atoms with Crippen LogP contribution in [0, 0.1) is 0 Å². The van der Waals surface area contributed by atoms with Crippen molar-refractivity contribution >= 4 is 22.7 Å². The lowest BCUT2D eigenvalue weighted by atomic mass is 10.0. The fourth-order valence-electron chi connectivity index (χ4n) is 4.37. The third kappa shape index (κ3) is 4.34. The lowest BCUT2D eigenvalue weighted by Crippen LogP contribution is -2.40. The van der Waals surface area contributed by atoms with Gasteiger partial charge in [0.1, 0.15) is 12.4 Å². The minimum Gasteiger partial charge on any atom is -0.491 e. The number of morpholine rings is 1. The van der Waals surface area contributed by atoms with Gasteiger partial charge in [-0.25, -0.2) is 0 Å². The average molecular weight is 434 g/mol. The first-order valence-corrected chi connectivity index (χ1v) is 11.1. The van der Waals surface area contributed by atoms with Crippen LogP contribution in [-0.4, -0.2) is 66.1 Å². The molecule has 0 spiro atoms. The van der Waals surface area contributed by atoms with Crippen LogP contribution in [0.3, 0.4) is 0 Å². The Hall–Kier alpha value is -3.32. The minimum absolute atomic E-state index is 0.00236. The molecule has 2 aliphatic rings. The summed E-state index contributed by atoms with van der Waals surface area (Å²) in [5, 5.41) is 1.02. The first-order chi connectivity index (χ1) is 15.7. The maximum absolute atomic E-state index is 13.2. The Morgan fingerprint density at radius 3 is 2.66 bits per heavy atom. The van der Waals surface area contributed by atoms with Gasteiger partial charge < -0.3 is 24.3 Å². The van der Waals surface area contributed by atoms with Gasteiger partial charge in [0.25, 0.3) is 5.91 Å². The van der Waals surface area contributed by atoms with Gasteiger partial charge in [0.15, 0.2) is 0 Å².